The molecule has 2 aromatic rings. The molecule has 0 saturated carbocycles. The summed E-state index contributed by atoms with van der Waals surface area (Å²) in [4.78, 5) is 13.3. The number of aliphatic carboxylic acids is 1. The summed E-state index contributed by atoms with van der Waals surface area (Å²) >= 11 is 5.92. The van der Waals surface area contributed by atoms with Crippen molar-refractivity contribution in [2.75, 3.05) is 13.1 Å². The lowest BCUT2D eigenvalue weighted by Crippen LogP contribution is -2.35. The van der Waals surface area contributed by atoms with Crippen LogP contribution in [-0.4, -0.2) is 40.3 Å². The summed E-state index contributed by atoms with van der Waals surface area (Å²) in [5.41, 5.74) is 2.74. The first-order valence-electron chi connectivity index (χ1n) is 9.11. The molecule has 0 aromatic heterocycles. The standard InChI is InChI=1S/C21H24ClNO4/c22-18-4-1-15(2-5-18)14-27-20-6-3-16(12-21(25)26)11-17(20)13-23-9-7-19(24)8-10-23/h1-6,11,19,24H,7-10,12-14H2,(H,25,26). The Labute approximate surface area is 164 Å². The molecule has 1 aliphatic heterocycles. The fraction of sp³-hybridized carbons (Fsp3) is 0.381. The van der Waals surface area contributed by atoms with E-state index in [4.69, 9.17) is 21.4 Å². The number of benzene rings is 2. The number of nitrogens with zero attached hydrogens (tertiary/aromatic N) is 1. The minimum atomic E-state index is -0.850. The van der Waals surface area contributed by atoms with E-state index in [-0.39, 0.29) is 12.5 Å². The molecule has 27 heavy (non-hydrogen) atoms. The second-order valence-electron chi connectivity index (χ2n) is 6.94. The van der Waals surface area contributed by atoms with E-state index in [0.717, 1.165) is 48.4 Å². The summed E-state index contributed by atoms with van der Waals surface area (Å²) in [6, 6.07) is 13.1. The average molecular weight is 390 g/mol. The van der Waals surface area contributed by atoms with Gasteiger partial charge in [-0.1, -0.05) is 35.9 Å². The molecule has 144 valence electrons. The van der Waals surface area contributed by atoms with Crippen molar-refractivity contribution >= 4 is 17.6 Å². The molecule has 2 aromatic carbocycles. The van der Waals surface area contributed by atoms with Gasteiger partial charge in [-0.05, 0) is 42.2 Å². The third-order valence-corrected chi connectivity index (χ3v) is 4.99. The number of likely N-dealkylation sites (tertiary alicyclic amines) is 1. The molecule has 2 N–H and O–H groups in total. The average Bonchev–Trinajstić information content (AvgIpc) is 2.64. The molecule has 6 heteroatoms. The van der Waals surface area contributed by atoms with Gasteiger partial charge in [-0.3, -0.25) is 9.69 Å². The zero-order valence-corrected chi connectivity index (χ0v) is 15.9. The second kappa shape index (κ2) is 9.22. The smallest absolute Gasteiger partial charge is 0.307 e. The molecule has 1 aliphatic rings. The second-order valence-corrected chi connectivity index (χ2v) is 7.37. The molecule has 5 nitrogen and oxygen atoms in total. The summed E-state index contributed by atoms with van der Waals surface area (Å²) in [6.45, 7) is 2.74. The van der Waals surface area contributed by atoms with Crippen LogP contribution in [-0.2, 0) is 24.4 Å². The van der Waals surface area contributed by atoms with Crippen molar-refractivity contribution in [1.82, 2.24) is 4.90 Å². The van der Waals surface area contributed by atoms with Crippen LogP contribution in [0.15, 0.2) is 42.5 Å². The number of aliphatic hydroxyl groups is 1. The van der Waals surface area contributed by atoms with Crippen molar-refractivity contribution in [3.05, 3.63) is 64.2 Å². The minimum Gasteiger partial charge on any atom is -0.489 e. The quantitative estimate of drug-likeness (QED) is 0.758. The van der Waals surface area contributed by atoms with E-state index in [2.05, 4.69) is 4.90 Å². The van der Waals surface area contributed by atoms with Crippen LogP contribution in [0, 0.1) is 0 Å². The molecule has 0 atom stereocenters. The Hall–Kier alpha value is -2.08. The van der Waals surface area contributed by atoms with E-state index < -0.39 is 5.97 Å². The highest BCUT2D eigenvalue weighted by atomic mass is 35.5. The van der Waals surface area contributed by atoms with Crippen molar-refractivity contribution in [2.24, 2.45) is 0 Å². The third-order valence-electron chi connectivity index (χ3n) is 4.74. The maximum Gasteiger partial charge on any atom is 0.307 e. The first-order chi connectivity index (χ1) is 13.0. The number of piperidine rings is 1. The molecule has 0 radical (unpaired) electrons. The van der Waals surface area contributed by atoms with Crippen molar-refractivity contribution in [1.29, 1.82) is 0 Å². The Morgan fingerprint density at radius 2 is 1.78 bits per heavy atom. The van der Waals surface area contributed by atoms with E-state index >= 15 is 0 Å². The maximum atomic E-state index is 11.0. The largest absolute Gasteiger partial charge is 0.489 e. The maximum absolute atomic E-state index is 11.0. The van der Waals surface area contributed by atoms with Gasteiger partial charge in [-0.25, -0.2) is 0 Å². The highest BCUT2D eigenvalue weighted by molar-refractivity contribution is 6.30. The molecule has 3 rings (SSSR count). The SMILES string of the molecule is O=C(O)Cc1ccc(OCc2ccc(Cl)cc2)c(CN2CCC(O)CC2)c1. The first-order valence-corrected chi connectivity index (χ1v) is 9.48. The van der Waals surface area contributed by atoms with E-state index in [9.17, 15) is 9.90 Å². The van der Waals surface area contributed by atoms with E-state index in [1.54, 1.807) is 6.07 Å². The molecular weight excluding hydrogens is 366 g/mol. The fourth-order valence-corrected chi connectivity index (χ4v) is 3.37. The van der Waals surface area contributed by atoms with Gasteiger partial charge in [0.2, 0.25) is 0 Å². The van der Waals surface area contributed by atoms with Crippen LogP contribution < -0.4 is 4.74 Å². The van der Waals surface area contributed by atoms with E-state index in [1.807, 2.05) is 36.4 Å². The van der Waals surface area contributed by atoms with Crippen molar-refractivity contribution in [2.45, 2.75) is 38.5 Å². The van der Waals surface area contributed by atoms with Crippen molar-refractivity contribution in [3.8, 4) is 5.75 Å². The van der Waals surface area contributed by atoms with Crippen LogP contribution in [0.1, 0.15) is 29.5 Å². The van der Waals surface area contributed by atoms with Crippen molar-refractivity contribution < 1.29 is 19.7 Å². The fourth-order valence-electron chi connectivity index (χ4n) is 3.24. The Balaban J connectivity index is 1.74. The summed E-state index contributed by atoms with van der Waals surface area (Å²) in [6.07, 6.45) is 1.29. The number of rotatable bonds is 7. The predicted octanol–water partition coefficient (Wildman–Crippen LogP) is 3.50. The number of carboxylic acids is 1. The van der Waals surface area contributed by atoms with Gasteiger partial charge in [0.15, 0.2) is 0 Å². The predicted molar refractivity (Wildman–Crippen MR) is 104 cm³/mol. The number of carbonyl (C=O) groups is 1. The number of halogens is 1. The Morgan fingerprint density at radius 3 is 2.44 bits per heavy atom. The normalized spacial score (nSPS) is 15.6. The summed E-state index contributed by atoms with van der Waals surface area (Å²) in [5, 5.41) is 19.5. The van der Waals surface area contributed by atoms with Gasteiger partial charge in [-0.2, -0.15) is 0 Å². The van der Waals surface area contributed by atoms with Gasteiger partial charge < -0.3 is 14.9 Å². The van der Waals surface area contributed by atoms with E-state index in [1.165, 1.54) is 0 Å². The van der Waals surface area contributed by atoms with Gasteiger partial charge in [-0.15, -0.1) is 0 Å². The monoisotopic (exact) mass is 389 g/mol. The first kappa shape index (κ1) is 19.7. The van der Waals surface area contributed by atoms with Crippen LogP contribution in [0.25, 0.3) is 0 Å². The minimum absolute atomic E-state index is 0.0107. The van der Waals surface area contributed by atoms with Crippen molar-refractivity contribution in [3.63, 3.8) is 0 Å². The molecule has 0 unspecified atom stereocenters. The molecule has 0 aliphatic carbocycles. The zero-order valence-electron chi connectivity index (χ0n) is 15.1. The highest BCUT2D eigenvalue weighted by Crippen LogP contribution is 2.25. The molecule has 0 spiro atoms. The van der Waals surface area contributed by atoms with Crippen LogP contribution in [0.4, 0.5) is 0 Å². The summed E-state index contributed by atoms with van der Waals surface area (Å²) in [7, 11) is 0. The van der Waals surface area contributed by atoms with Crippen LogP contribution in [0.3, 0.4) is 0 Å². The number of ether oxygens (including phenoxy) is 1. The number of aliphatic hydroxyl groups excluding tert-OH is 1. The summed E-state index contributed by atoms with van der Waals surface area (Å²) < 4.78 is 6.02. The van der Waals surface area contributed by atoms with Crippen LogP contribution in [0.5, 0.6) is 5.75 Å². The lowest BCUT2D eigenvalue weighted by Gasteiger charge is -2.30. The molecule has 1 fully saturated rings. The Kier molecular flexibility index (Phi) is 6.72. The Bertz CT molecular complexity index is 770. The molecule has 0 amide bonds. The van der Waals surface area contributed by atoms with Gasteiger partial charge >= 0.3 is 5.97 Å². The van der Waals surface area contributed by atoms with Crippen LogP contribution >= 0.6 is 11.6 Å². The third kappa shape index (κ3) is 5.96. The lowest BCUT2D eigenvalue weighted by atomic mass is 10.0. The molecule has 1 saturated heterocycles. The number of hydrogen-bond acceptors (Lipinski definition) is 4. The molecule has 1 heterocycles. The zero-order chi connectivity index (χ0) is 19.2. The van der Waals surface area contributed by atoms with E-state index in [0.29, 0.717) is 18.2 Å². The van der Waals surface area contributed by atoms with Gasteiger partial charge in [0.25, 0.3) is 0 Å². The highest BCUT2D eigenvalue weighted by Gasteiger charge is 2.19. The molecular formula is C21H24ClNO4. The molecule has 0 bridgehead atoms. The lowest BCUT2D eigenvalue weighted by molar-refractivity contribution is -0.136. The number of carboxylic acid groups (broad SMARTS) is 1. The van der Waals surface area contributed by atoms with Gasteiger partial charge in [0.1, 0.15) is 12.4 Å². The topological polar surface area (TPSA) is 70.0 Å². The Morgan fingerprint density at radius 1 is 1.11 bits per heavy atom. The summed E-state index contributed by atoms with van der Waals surface area (Å²) in [5.74, 6) is -0.0953. The van der Waals surface area contributed by atoms with Gasteiger partial charge in [0.05, 0.1) is 12.5 Å². The van der Waals surface area contributed by atoms with Gasteiger partial charge in [0, 0.05) is 30.2 Å². The number of hydrogen-bond donors (Lipinski definition) is 2. The van der Waals surface area contributed by atoms with Crippen LogP contribution in [0.2, 0.25) is 5.02 Å².